The lowest BCUT2D eigenvalue weighted by molar-refractivity contribution is 0.0358. The zero-order valence-corrected chi connectivity index (χ0v) is 17.0. The number of aromatic nitrogens is 1. The van der Waals surface area contributed by atoms with Crippen molar-refractivity contribution >= 4 is 23.0 Å². The lowest BCUT2D eigenvalue weighted by Crippen LogP contribution is -2.44. The van der Waals surface area contributed by atoms with Gasteiger partial charge in [-0.25, -0.2) is 0 Å². The van der Waals surface area contributed by atoms with Crippen LogP contribution in [0.5, 0.6) is 0 Å². The van der Waals surface area contributed by atoms with Crippen molar-refractivity contribution in [2.24, 2.45) is 0 Å². The maximum Gasteiger partial charge on any atom is 0.173 e. The van der Waals surface area contributed by atoms with Crippen molar-refractivity contribution in [3.8, 4) is 0 Å². The van der Waals surface area contributed by atoms with Gasteiger partial charge in [0, 0.05) is 50.8 Å². The summed E-state index contributed by atoms with van der Waals surface area (Å²) >= 11 is 5.78. The second kappa shape index (κ2) is 9.78. The zero-order chi connectivity index (χ0) is 19.1. The average molecular weight is 385 g/mol. The number of thiocarbonyl (C=S) groups is 1. The summed E-state index contributed by atoms with van der Waals surface area (Å²) in [7, 11) is 0. The van der Waals surface area contributed by atoms with Crippen molar-refractivity contribution in [2.45, 2.75) is 20.4 Å². The quantitative estimate of drug-likeness (QED) is 0.771. The summed E-state index contributed by atoms with van der Waals surface area (Å²) < 4.78 is 5.45. The Morgan fingerprint density at radius 1 is 1.22 bits per heavy atom. The molecular formula is C21H28N4OS. The lowest BCUT2D eigenvalue weighted by atomic mass is 10.1. The third-order valence-corrected chi connectivity index (χ3v) is 5.38. The highest BCUT2D eigenvalue weighted by atomic mass is 32.1. The molecule has 0 saturated carbocycles. The molecule has 1 aliphatic heterocycles. The number of morpholine rings is 1. The van der Waals surface area contributed by atoms with Crippen molar-refractivity contribution < 1.29 is 4.74 Å². The molecule has 2 heterocycles. The van der Waals surface area contributed by atoms with Crippen molar-refractivity contribution in [3.05, 3.63) is 59.4 Å². The first-order chi connectivity index (χ1) is 13.1. The van der Waals surface area contributed by atoms with E-state index in [0.717, 1.165) is 62.3 Å². The molecule has 5 nitrogen and oxygen atoms in total. The minimum Gasteiger partial charge on any atom is -0.379 e. The van der Waals surface area contributed by atoms with Gasteiger partial charge in [0.2, 0.25) is 0 Å². The third-order valence-electron chi connectivity index (χ3n) is 5.02. The number of rotatable bonds is 6. The predicted molar refractivity (Wildman–Crippen MR) is 114 cm³/mol. The minimum atomic E-state index is 0.745. The normalized spacial score (nSPS) is 14.7. The van der Waals surface area contributed by atoms with E-state index in [-0.39, 0.29) is 0 Å². The van der Waals surface area contributed by atoms with Crippen LogP contribution in [0, 0.1) is 13.8 Å². The first-order valence-corrected chi connectivity index (χ1v) is 9.85. The molecule has 1 saturated heterocycles. The summed E-state index contributed by atoms with van der Waals surface area (Å²) in [5.74, 6) is 0. The van der Waals surface area contributed by atoms with Crippen LogP contribution in [0.25, 0.3) is 0 Å². The van der Waals surface area contributed by atoms with E-state index in [1.165, 1.54) is 11.1 Å². The molecule has 6 heteroatoms. The van der Waals surface area contributed by atoms with Crippen LogP contribution in [0.3, 0.4) is 0 Å². The molecule has 27 heavy (non-hydrogen) atoms. The van der Waals surface area contributed by atoms with Gasteiger partial charge in [0.25, 0.3) is 0 Å². The number of hydrogen-bond donors (Lipinski definition) is 1. The fourth-order valence-electron chi connectivity index (χ4n) is 3.13. The number of benzene rings is 1. The Labute approximate surface area is 167 Å². The van der Waals surface area contributed by atoms with Gasteiger partial charge in [-0.05, 0) is 54.9 Å². The van der Waals surface area contributed by atoms with E-state index in [1.54, 1.807) is 6.20 Å². The molecule has 0 atom stereocenters. The maximum atomic E-state index is 5.78. The molecule has 3 rings (SSSR count). The Bertz CT molecular complexity index is 747. The number of nitrogens with one attached hydrogen (secondary N) is 1. The molecule has 144 valence electrons. The van der Waals surface area contributed by atoms with E-state index in [0.29, 0.717) is 0 Å². The van der Waals surface area contributed by atoms with Crippen molar-refractivity contribution in [1.82, 2.24) is 14.8 Å². The molecule has 0 radical (unpaired) electrons. The van der Waals surface area contributed by atoms with Crippen molar-refractivity contribution in [3.63, 3.8) is 0 Å². The fraction of sp³-hybridized carbons (Fsp3) is 0.429. The van der Waals surface area contributed by atoms with Gasteiger partial charge in [0.05, 0.1) is 13.2 Å². The Morgan fingerprint density at radius 2 is 2.04 bits per heavy atom. The van der Waals surface area contributed by atoms with Gasteiger partial charge in [-0.3, -0.25) is 9.88 Å². The molecule has 0 amide bonds. The monoisotopic (exact) mass is 384 g/mol. The van der Waals surface area contributed by atoms with Gasteiger partial charge in [-0.15, -0.1) is 0 Å². The van der Waals surface area contributed by atoms with Crippen molar-refractivity contribution in [1.29, 1.82) is 0 Å². The Hall–Kier alpha value is -2.02. The van der Waals surface area contributed by atoms with Gasteiger partial charge in [0.15, 0.2) is 5.11 Å². The number of anilines is 1. The Balaban J connectivity index is 1.69. The summed E-state index contributed by atoms with van der Waals surface area (Å²) in [5.41, 5.74) is 4.72. The van der Waals surface area contributed by atoms with E-state index in [9.17, 15) is 0 Å². The Kier molecular flexibility index (Phi) is 7.15. The summed E-state index contributed by atoms with van der Waals surface area (Å²) in [5, 5.41) is 4.20. The van der Waals surface area contributed by atoms with Crippen LogP contribution < -0.4 is 5.32 Å². The van der Waals surface area contributed by atoms with E-state index in [1.807, 2.05) is 12.3 Å². The molecule has 2 aromatic rings. The number of aryl methyl sites for hydroxylation is 1. The highest BCUT2D eigenvalue weighted by Crippen LogP contribution is 2.19. The van der Waals surface area contributed by atoms with Crippen molar-refractivity contribution in [2.75, 3.05) is 44.7 Å². The molecule has 0 aliphatic carbocycles. The molecule has 1 aromatic heterocycles. The molecule has 0 bridgehead atoms. The van der Waals surface area contributed by atoms with Crippen LogP contribution >= 0.6 is 12.2 Å². The SMILES string of the molecule is Cc1cccc(NC(=S)N(CCN2CCOCC2)Cc2cccnc2)c1C. The van der Waals surface area contributed by atoms with Crippen LogP contribution in [-0.4, -0.2) is 59.3 Å². The van der Waals surface area contributed by atoms with Crippen LogP contribution in [0.4, 0.5) is 5.69 Å². The summed E-state index contributed by atoms with van der Waals surface area (Å²) in [6, 6.07) is 10.3. The van der Waals surface area contributed by atoms with Crippen LogP contribution in [-0.2, 0) is 11.3 Å². The molecule has 1 aliphatic rings. The summed E-state index contributed by atoms with van der Waals surface area (Å²) in [6.07, 6.45) is 3.70. The lowest BCUT2D eigenvalue weighted by Gasteiger charge is -2.31. The molecule has 0 spiro atoms. The third kappa shape index (κ3) is 5.73. The van der Waals surface area contributed by atoms with Gasteiger partial charge in [0.1, 0.15) is 0 Å². The summed E-state index contributed by atoms with van der Waals surface area (Å²) in [6.45, 7) is 10.4. The average Bonchev–Trinajstić information content (AvgIpc) is 2.70. The largest absolute Gasteiger partial charge is 0.379 e. The number of nitrogens with zero attached hydrogens (tertiary/aromatic N) is 3. The van der Waals surface area contributed by atoms with Crippen LogP contribution in [0.15, 0.2) is 42.7 Å². The maximum absolute atomic E-state index is 5.78. The van der Waals surface area contributed by atoms with E-state index < -0.39 is 0 Å². The molecule has 0 unspecified atom stereocenters. The second-order valence-electron chi connectivity index (χ2n) is 6.91. The molecule has 1 fully saturated rings. The van der Waals surface area contributed by atoms with E-state index in [4.69, 9.17) is 17.0 Å². The standard InChI is InChI=1S/C21H28N4OS/c1-17-5-3-7-20(18(17)2)23-21(27)25(16-19-6-4-8-22-15-19)10-9-24-11-13-26-14-12-24/h3-8,15H,9-14,16H2,1-2H3,(H,23,27). The predicted octanol–water partition coefficient (Wildman–Crippen LogP) is 3.23. The molecule has 1 N–H and O–H groups in total. The highest BCUT2D eigenvalue weighted by molar-refractivity contribution is 7.80. The topological polar surface area (TPSA) is 40.6 Å². The number of pyridine rings is 1. The number of ether oxygens (including phenoxy) is 1. The van der Waals surface area contributed by atoms with Gasteiger partial charge in [-0.2, -0.15) is 0 Å². The molecular weight excluding hydrogens is 356 g/mol. The van der Waals surface area contributed by atoms with Gasteiger partial charge in [-0.1, -0.05) is 18.2 Å². The second-order valence-corrected chi connectivity index (χ2v) is 7.30. The van der Waals surface area contributed by atoms with Crippen LogP contribution in [0.1, 0.15) is 16.7 Å². The number of hydrogen-bond acceptors (Lipinski definition) is 4. The van der Waals surface area contributed by atoms with E-state index >= 15 is 0 Å². The first-order valence-electron chi connectivity index (χ1n) is 9.44. The zero-order valence-electron chi connectivity index (χ0n) is 16.1. The fourth-order valence-corrected chi connectivity index (χ4v) is 3.40. The highest BCUT2D eigenvalue weighted by Gasteiger charge is 2.16. The van der Waals surface area contributed by atoms with Gasteiger partial charge >= 0.3 is 0 Å². The van der Waals surface area contributed by atoms with E-state index in [2.05, 4.69) is 58.2 Å². The first kappa shape index (κ1) is 19.7. The minimum absolute atomic E-state index is 0.745. The van der Waals surface area contributed by atoms with Gasteiger partial charge < -0.3 is 15.0 Å². The Morgan fingerprint density at radius 3 is 2.78 bits per heavy atom. The van der Waals surface area contributed by atoms with Crippen LogP contribution in [0.2, 0.25) is 0 Å². The summed E-state index contributed by atoms with van der Waals surface area (Å²) in [4.78, 5) is 8.90. The molecule has 1 aromatic carbocycles. The smallest absolute Gasteiger partial charge is 0.173 e.